The molecule has 1 aliphatic carbocycles. The van der Waals surface area contributed by atoms with E-state index in [0.29, 0.717) is 0 Å². The number of rotatable bonds is 3. The fourth-order valence-electron chi connectivity index (χ4n) is 1.66. The van der Waals surface area contributed by atoms with Gasteiger partial charge in [-0.15, -0.1) is 0 Å². The molecular formula is C8H16N2O2S. The first-order chi connectivity index (χ1) is 6.18. The van der Waals surface area contributed by atoms with Gasteiger partial charge < -0.3 is 5.32 Å². The van der Waals surface area contributed by atoms with Crippen LogP contribution in [0.25, 0.3) is 0 Å². The van der Waals surface area contributed by atoms with Gasteiger partial charge in [0.05, 0.1) is 5.25 Å². The smallest absolute Gasteiger partial charge is 0.214 e. The summed E-state index contributed by atoms with van der Waals surface area (Å²) in [4.78, 5) is 0. The van der Waals surface area contributed by atoms with Crippen molar-refractivity contribution in [2.24, 2.45) is 0 Å². The van der Waals surface area contributed by atoms with E-state index in [4.69, 9.17) is 0 Å². The molecule has 76 valence electrons. The lowest BCUT2D eigenvalue weighted by molar-refractivity contribution is 0.428. The van der Waals surface area contributed by atoms with Crippen LogP contribution in [0.5, 0.6) is 0 Å². The Balaban J connectivity index is 1.88. The van der Waals surface area contributed by atoms with Gasteiger partial charge in [-0.05, 0) is 32.2 Å². The fourth-order valence-corrected chi connectivity index (χ4v) is 3.27. The molecule has 0 radical (unpaired) electrons. The van der Waals surface area contributed by atoms with Crippen LogP contribution in [-0.2, 0) is 10.0 Å². The Morgan fingerprint density at radius 3 is 2.54 bits per heavy atom. The van der Waals surface area contributed by atoms with E-state index in [1.165, 1.54) is 0 Å². The van der Waals surface area contributed by atoms with Crippen LogP contribution in [0, 0.1) is 0 Å². The first-order valence-corrected chi connectivity index (χ1v) is 6.45. The molecule has 0 spiro atoms. The number of sulfonamides is 1. The molecule has 5 heteroatoms. The van der Waals surface area contributed by atoms with Crippen molar-refractivity contribution < 1.29 is 8.42 Å². The third-order valence-electron chi connectivity index (χ3n) is 2.59. The van der Waals surface area contributed by atoms with Crippen molar-refractivity contribution >= 4 is 10.0 Å². The molecule has 0 aromatic carbocycles. The molecule has 1 aliphatic heterocycles. The van der Waals surface area contributed by atoms with Gasteiger partial charge in [0.1, 0.15) is 0 Å². The minimum absolute atomic E-state index is 0.0885. The Bertz CT molecular complexity index is 266. The zero-order chi connectivity index (χ0) is 9.31. The van der Waals surface area contributed by atoms with Crippen molar-refractivity contribution in [1.29, 1.82) is 0 Å². The zero-order valence-corrected chi connectivity index (χ0v) is 8.44. The molecule has 2 fully saturated rings. The second-order valence-corrected chi connectivity index (χ2v) is 5.90. The summed E-state index contributed by atoms with van der Waals surface area (Å²) >= 11 is 0. The number of hydrogen-bond donors (Lipinski definition) is 2. The Kier molecular flexibility index (Phi) is 2.58. The maximum absolute atomic E-state index is 11.5. The van der Waals surface area contributed by atoms with Gasteiger partial charge >= 0.3 is 0 Å². The van der Waals surface area contributed by atoms with Gasteiger partial charge in [0, 0.05) is 12.6 Å². The maximum Gasteiger partial charge on any atom is 0.214 e. The molecule has 2 N–H and O–H groups in total. The monoisotopic (exact) mass is 204 g/mol. The summed E-state index contributed by atoms with van der Waals surface area (Å²) in [5.41, 5.74) is 0. The molecule has 0 aromatic heterocycles. The van der Waals surface area contributed by atoms with Crippen molar-refractivity contribution in [3.05, 3.63) is 0 Å². The van der Waals surface area contributed by atoms with Crippen LogP contribution in [-0.4, -0.2) is 32.8 Å². The third-order valence-corrected chi connectivity index (χ3v) is 4.60. The van der Waals surface area contributed by atoms with Gasteiger partial charge in [0.15, 0.2) is 0 Å². The van der Waals surface area contributed by atoms with E-state index >= 15 is 0 Å². The highest BCUT2D eigenvalue weighted by atomic mass is 32.2. The lowest BCUT2D eigenvalue weighted by Gasteiger charge is -2.23. The highest BCUT2D eigenvalue weighted by molar-refractivity contribution is 7.90. The van der Waals surface area contributed by atoms with Gasteiger partial charge in [-0.1, -0.05) is 0 Å². The first kappa shape index (κ1) is 9.43. The predicted molar refractivity (Wildman–Crippen MR) is 51.0 cm³/mol. The van der Waals surface area contributed by atoms with Crippen LogP contribution in [0.15, 0.2) is 0 Å². The minimum atomic E-state index is -2.98. The Morgan fingerprint density at radius 2 is 2.00 bits per heavy atom. The molecular weight excluding hydrogens is 188 g/mol. The molecule has 0 aromatic rings. The average Bonchev–Trinajstić information content (AvgIpc) is 2.87. The van der Waals surface area contributed by atoms with Crippen molar-refractivity contribution in [3.63, 3.8) is 0 Å². The second kappa shape index (κ2) is 3.55. The third kappa shape index (κ3) is 2.42. The largest absolute Gasteiger partial charge is 0.315 e. The van der Waals surface area contributed by atoms with Crippen molar-refractivity contribution in [2.45, 2.75) is 37.0 Å². The average molecular weight is 204 g/mol. The molecule has 1 heterocycles. The van der Waals surface area contributed by atoms with Gasteiger partial charge in [-0.25, -0.2) is 13.1 Å². The second-order valence-electron chi connectivity index (χ2n) is 3.91. The van der Waals surface area contributed by atoms with E-state index in [9.17, 15) is 8.42 Å². The summed E-state index contributed by atoms with van der Waals surface area (Å²) < 4.78 is 25.8. The van der Waals surface area contributed by atoms with E-state index in [1.807, 2.05) is 0 Å². The Hall–Kier alpha value is -0.130. The molecule has 0 bridgehead atoms. The summed E-state index contributed by atoms with van der Waals surface area (Å²) in [6, 6.07) is 0.124. The van der Waals surface area contributed by atoms with Crippen LogP contribution in [0.2, 0.25) is 0 Å². The molecule has 2 aliphatic rings. The Labute approximate surface area is 79.1 Å². The molecule has 1 atom stereocenters. The summed E-state index contributed by atoms with van der Waals surface area (Å²) in [6.45, 7) is 1.80. The normalized spacial score (nSPS) is 30.3. The fraction of sp³-hybridized carbons (Fsp3) is 1.00. The van der Waals surface area contributed by atoms with Crippen LogP contribution in [0.4, 0.5) is 0 Å². The first-order valence-electron chi connectivity index (χ1n) is 4.90. The van der Waals surface area contributed by atoms with Crippen LogP contribution < -0.4 is 10.0 Å². The highest BCUT2D eigenvalue weighted by Gasteiger charge is 2.36. The van der Waals surface area contributed by atoms with Crippen molar-refractivity contribution in [1.82, 2.24) is 10.0 Å². The summed E-state index contributed by atoms with van der Waals surface area (Å²) in [6.07, 6.45) is 3.72. The molecule has 13 heavy (non-hydrogen) atoms. The van der Waals surface area contributed by atoms with Crippen LogP contribution in [0.3, 0.4) is 0 Å². The van der Waals surface area contributed by atoms with Crippen LogP contribution in [0.1, 0.15) is 25.7 Å². The molecule has 1 saturated carbocycles. The molecule has 0 amide bonds. The standard InChI is InChI=1S/C8H16N2O2S/c11-13(12,8-3-4-8)10-7-2-1-5-9-6-7/h7-10H,1-6H2. The highest BCUT2D eigenvalue weighted by Crippen LogP contribution is 2.27. The van der Waals surface area contributed by atoms with Crippen LogP contribution >= 0.6 is 0 Å². The molecule has 1 saturated heterocycles. The summed E-state index contributed by atoms with van der Waals surface area (Å²) in [5, 5.41) is 3.10. The van der Waals surface area contributed by atoms with E-state index in [0.717, 1.165) is 38.8 Å². The van der Waals surface area contributed by atoms with E-state index in [2.05, 4.69) is 10.0 Å². The topological polar surface area (TPSA) is 58.2 Å². The zero-order valence-electron chi connectivity index (χ0n) is 7.62. The van der Waals surface area contributed by atoms with E-state index in [1.54, 1.807) is 0 Å². The summed E-state index contributed by atoms with van der Waals surface area (Å²) in [5.74, 6) is 0. The number of piperidine rings is 1. The molecule has 2 rings (SSSR count). The number of hydrogen-bond acceptors (Lipinski definition) is 3. The van der Waals surface area contributed by atoms with Gasteiger partial charge in [-0.2, -0.15) is 0 Å². The number of nitrogens with one attached hydrogen (secondary N) is 2. The Morgan fingerprint density at radius 1 is 1.23 bits per heavy atom. The lowest BCUT2D eigenvalue weighted by Crippen LogP contribution is -2.46. The van der Waals surface area contributed by atoms with E-state index < -0.39 is 10.0 Å². The predicted octanol–water partition coefficient (Wildman–Crippen LogP) is -0.180. The van der Waals surface area contributed by atoms with Gasteiger partial charge in [-0.3, -0.25) is 0 Å². The van der Waals surface area contributed by atoms with E-state index in [-0.39, 0.29) is 11.3 Å². The lowest BCUT2D eigenvalue weighted by atomic mass is 10.1. The molecule has 4 nitrogen and oxygen atoms in total. The quantitative estimate of drug-likeness (QED) is 0.670. The maximum atomic E-state index is 11.5. The van der Waals surface area contributed by atoms with Gasteiger partial charge in [0.25, 0.3) is 0 Å². The van der Waals surface area contributed by atoms with Gasteiger partial charge in [0.2, 0.25) is 10.0 Å². The SMILES string of the molecule is O=S(=O)(NC1CCCNC1)C1CC1. The summed E-state index contributed by atoms with van der Waals surface area (Å²) in [7, 11) is -2.98. The molecule has 1 unspecified atom stereocenters. The van der Waals surface area contributed by atoms with Crippen molar-refractivity contribution in [3.8, 4) is 0 Å². The minimum Gasteiger partial charge on any atom is -0.315 e. The van der Waals surface area contributed by atoms with Crippen molar-refractivity contribution in [2.75, 3.05) is 13.1 Å².